The second kappa shape index (κ2) is 6.30. The van der Waals surface area contributed by atoms with Gasteiger partial charge in [0.15, 0.2) is 0 Å². The predicted octanol–water partition coefficient (Wildman–Crippen LogP) is 1.69. The van der Waals surface area contributed by atoms with Gasteiger partial charge in [-0.1, -0.05) is 0 Å². The molecule has 118 valence electrons. The van der Waals surface area contributed by atoms with Gasteiger partial charge >= 0.3 is 0 Å². The third kappa shape index (κ3) is 3.19. The van der Waals surface area contributed by atoms with Gasteiger partial charge in [-0.2, -0.15) is 0 Å². The Kier molecular flexibility index (Phi) is 5.11. The monoisotopic (exact) mass is 283 g/mol. The van der Waals surface area contributed by atoms with Crippen LogP contribution in [-0.4, -0.2) is 66.8 Å². The molecule has 4 nitrogen and oxygen atoms in total. The molecule has 0 aliphatic carbocycles. The van der Waals surface area contributed by atoms with Crippen molar-refractivity contribution in [2.24, 2.45) is 5.73 Å². The van der Waals surface area contributed by atoms with Crippen molar-refractivity contribution in [2.75, 3.05) is 39.8 Å². The molecule has 20 heavy (non-hydrogen) atoms. The molecular formula is C16H33N3O. The first-order valence-electron chi connectivity index (χ1n) is 8.19. The van der Waals surface area contributed by atoms with Gasteiger partial charge in [0.05, 0.1) is 5.60 Å². The van der Waals surface area contributed by atoms with Gasteiger partial charge in [-0.3, -0.25) is 4.90 Å². The van der Waals surface area contributed by atoms with Crippen molar-refractivity contribution in [3.8, 4) is 0 Å². The number of nitrogens with zero attached hydrogens (tertiary/aromatic N) is 2. The van der Waals surface area contributed by atoms with Crippen LogP contribution in [0.2, 0.25) is 0 Å². The first-order chi connectivity index (χ1) is 9.45. The molecule has 0 amide bonds. The van der Waals surface area contributed by atoms with Crippen LogP contribution >= 0.6 is 0 Å². The van der Waals surface area contributed by atoms with Crippen LogP contribution in [0.25, 0.3) is 0 Å². The largest absolute Gasteiger partial charge is 0.377 e. The maximum Gasteiger partial charge on any atom is 0.0777 e. The predicted molar refractivity (Wildman–Crippen MR) is 83.9 cm³/mol. The second-order valence-electron chi connectivity index (χ2n) is 7.24. The van der Waals surface area contributed by atoms with E-state index in [9.17, 15) is 0 Å². The summed E-state index contributed by atoms with van der Waals surface area (Å²) in [6.45, 7) is 12.2. The summed E-state index contributed by atoms with van der Waals surface area (Å²) in [5.74, 6) is 0. The van der Waals surface area contributed by atoms with E-state index in [4.69, 9.17) is 10.5 Å². The quantitative estimate of drug-likeness (QED) is 0.852. The molecule has 0 radical (unpaired) electrons. The highest BCUT2D eigenvalue weighted by Gasteiger charge is 2.43. The smallest absolute Gasteiger partial charge is 0.0777 e. The van der Waals surface area contributed by atoms with E-state index in [1.165, 1.54) is 45.3 Å². The van der Waals surface area contributed by atoms with Gasteiger partial charge in [0.1, 0.15) is 0 Å². The number of piperidine rings is 2. The molecule has 2 saturated heterocycles. The molecule has 2 rings (SSSR count). The number of methoxy groups -OCH3 is 1. The Bertz CT molecular complexity index is 313. The average Bonchev–Trinajstić information content (AvgIpc) is 2.47. The van der Waals surface area contributed by atoms with Crippen molar-refractivity contribution < 1.29 is 4.74 Å². The maximum atomic E-state index is 6.22. The molecule has 1 atom stereocenters. The van der Waals surface area contributed by atoms with E-state index in [1.54, 1.807) is 0 Å². The van der Waals surface area contributed by atoms with Crippen LogP contribution in [0, 0.1) is 0 Å². The third-order valence-electron chi connectivity index (χ3n) is 5.66. The first kappa shape index (κ1) is 16.2. The first-order valence-corrected chi connectivity index (χ1v) is 8.19. The lowest BCUT2D eigenvalue weighted by atomic mass is 9.81. The molecule has 4 heteroatoms. The van der Waals surface area contributed by atoms with E-state index in [1.807, 2.05) is 7.11 Å². The van der Waals surface area contributed by atoms with Crippen LogP contribution in [0.3, 0.4) is 0 Å². The van der Waals surface area contributed by atoms with Crippen LogP contribution in [0.4, 0.5) is 0 Å². The standard InChI is InChI=1S/C16H33N3O/c1-14(2)18-10-7-16(12-17,8-11-18)19-9-5-6-15(3,13-19)20-4/h14H,5-13,17H2,1-4H3. The molecule has 0 aromatic carbocycles. The highest BCUT2D eigenvalue weighted by molar-refractivity contribution is 5.00. The van der Waals surface area contributed by atoms with E-state index >= 15 is 0 Å². The van der Waals surface area contributed by atoms with Gasteiger partial charge in [-0.05, 0) is 53.0 Å². The molecular weight excluding hydrogens is 250 g/mol. The lowest BCUT2D eigenvalue weighted by Crippen LogP contribution is -2.64. The minimum Gasteiger partial charge on any atom is -0.377 e. The normalized spacial score (nSPS) is 32.7. The molecule has 2 fully saturated rings. The zero-order chi connectivity index (χ0) is 14.8. The molecule has 2 aliphatic heterocycles. The van der Waals surface area contributed by atoms with Crippen LogP contribution in [0.1, 0.15) is 46.5 Å². The van der Waals surface area contributed by atoms with Gasteiger partial charge < -0.3 is 15.4 Å². The van der Waals surface area contributed by atoms with Crippen LogP contribution in [-0.2, 0) is 4.74 Å². The summed E-state index contributed by atoms with van der Waals surface area (Å²) in [6.07, 6.45) is 4.78. The Hall–Kier alpha value is -0.160. The van der Waals surface area contributed by atoms with Crippen molar-refractivity contribution in [3.05, 3.63) is 0 Å². The topological polar surface area (TPSA) is 41.7 Å². The maximum absolute atomic E-state index is 6.22. The number of hydrogen-bond acceptors (Lipinski definition) is 4. The molecule has 1 unspecified atom stereocenters. The Balaban J connectivity index is 2.04. The summed E-state index contributed by atoms with van der Waals surface area (Å²) in [4.78, 5) is 5.21. The fourth-order valence-electron chi connectivity index (χ4n) is 3.88. The van der Waals surface area contributed by atoms with Crippen molar-refractivity contribution in [1.29, 1.82) is 0 Å². The van der Waals surface area contributed by atoms with Gasteiger partial charge in [-0.25, -0.2) is 0 Å². The fourth-order valence-corrected chi connectivity index (χ4v) is 3.88. The van der Waals surface area contributed by atoms with Gasteiger partial charge in [0.25, 0.3) is 0 Å². The Morgan fingerprint density at radius 3 is 2.30 bits per heavy atom. The summed E-state index contributed by atoms with van der Waals surface area (Å²) in [7, 11) is 1.85. The summed E-state index contributed by atoms with van der Waals surface area (Å²) in [5.41, 5.74) is 6.43. The molecule has 0 saturated carbocycles. The highest BCUT2D eigenvalue weighted by Crippen LogP contribution is 2.34. The molecule has 2 N–H and O–H groups in total. The Morgan fingerprint density at radius 1 is 1.15 bits per heavy atom. The minimum absolute atomic E-state index is 0.00953. The van der Waals surface area contributed by atoms with Crippen LogP contribution < -0.4 is 5.73 Å². The summed E-state index contributed by atoms with van der Waals surface area (Å²) in [6, 6.07) is 0.649. The molecule has 2 aliphatic rings. The van der Waals surface area contributed by atoms with Crippen molar-refractivity contribution >= 4 is 0 Å². The summed E-state index contributed by atoms with van der Waals surface area (Å²) in [5, 5.41) is 0. The lowest BCUT2D eigenvalue weighted by molar-refractivity contribution is -0.0926. The summed E-state index contributed by atoms with van der Waals surface area (Å²) >= 11 is 0. The number of likely N-dealkylation sites (tertiary alicyclic amines) is 2. The van der Waals surface area contributed by atoms with Crippen molar-refractivity contribution in [1.82, 2.24) is 9.80 Å². The third-order valence-corrected chi connectivity index (χ3v) is 5.66. The van der Waals surface area contributed by atoms with E-state index in [2.05, 4.69) is 30.6 Å². The number of nitrogens with two attached hydrogens (primary N) is 1. The number of rotatable bonds is 4. The molecule has 2 heterocycles. The summed E-state index contributed by atoms with van der Waals surface area (Å²) < 4.78 is 5.76. The van der Waals surface area contributed by atoms with E-state index in [-0.39, 0.29) is 11.1 Å². The van der Waals surface area contributed by atoms with Gasteiger partial charge in [-0.15, -0.1) is 0 Å². The van der Waals surface area contributed by atoms with E-state index in [0.29, 0.717) is 6.04 Å². The molecule has 0 aromatic heterocycles. The minimum atomic E-state index is 0.00953. The van der Waals surface area contributed by atoms with Crippen LogP contribution in [0.5, 0.6) is 0 Å². The Morgan fingerprint density at radius 2 is 1.80 bits per heavy atom. The van der Waals surface area contributed by atoms with Crippen LogP contribution in [0.15, 0.2) is 0 Å². The second-order valence-corrected chi connectivity index (χ2v) is 7.24. The fraction of sp³-hybridized carbons (Fsp3) is 1.00. The molecule has 0 aromatic rings. The lowest BCUT2D eigenvalue weighted by Gasteiger charge is -2.53. The van der Waals surface area contributed by atoms with E-state index in [0.717, 1.165) is 13.1 Å². The van der Waals surface area contributed by atoms with E-state index < -0.39 is 0 Å². The zero-order valence-electron chi connectivity index (χ0n) is 13.8. The van der Waals surface area contributed by atoms with Gasteiger partial charge in [0.2, 0.25) is 0 Å². The highest BCUT2D eigenvalue weighted by atomic mass is 16.5. The molecule has 0 bridgehead atoms. The Labute approximate surface area is 124 Å². The van der Waals surface area contributed by atoms with Gasteiger partial charge in [0, 0.05) is 44.9 Å². The van der Waals surface area contributed by atoms with Crippen molar-refractivity contribution in [3.63, 3.8) is 0 Å². The number of hydrogen-bond donors (Lipinski definition) is 1. The average molecular weight is 283 g/mol. The molecule has 0 spiro atoms. The van der Waals surface area contributed by atoms with Crippen molar-refractivity contribution in [2.45, 2.75) is 63.6 Å². The zero-order valence-corrected chi connectivity index (χ0v) is 13.8. The number of ether oxygens (including phenoxy) is 1. The SMILES string of the molecule is COC1(C)CCCN(C2(CN)CCN(C(C)C)CC2)C1.